The molecule has 0 aliphatic carbocycles. The van der Waals surface area contributed by atoms with E-state index in [4.69, 9.17) is 15.2 Å². The fourth-order valence-corrected chi connectivity index (χ4v) is 4.80. The Morgan fingerprint density at radius 3 is 2.62 bits per heavy atom. The fraction of sp³-hybridized carbons (Fsp3) is 0.207. The van der Waals surface area contributed by atoms with Crippen LogP contribution in [0, 0.1) is 6.92 Å². The average Bonchev–Trinajstić information content (AvgIpc) is 3.56. The lowest BCUT2D eigenvalue weighted by atomic mass is 10.1. The number of carbonyl (C=O) groups is 2. The number of aromatic amines is 1. The monoisotopic (exact) mass is 524 g/mol. The summed E-state index contributed by atoms with van der Waals surface area (Å²) in [6.45, 7) is 4.42. The van der Waals surface area contributed by atoms with Crippen molar-refractivity contribution in [2.75, 3.05) is 37.9 Å². The molecule has 0 spiro atoms. The van der Waals surface area contributed by atoms with Crippen LogP contribution in [0.15, 0.2) is 78.3 Å². The Hall–Kier alpha value is -4.67. The van der Waals surface area contributed by atoms with E-state index in [1.54, 1.807) is 28.2 Å². The highest BCUT2D eigenvalue weighted by Crippen LogP contribution is 2.29. The van der Waals surface area contributed by atoms with Crippen LogP contribution in [0.25, 0.3) is 10.9 Å². The number of nitrogens with zero attached hydrogens (tertiary/aromatic N) is 3. The summed E-state index contributed by atoms with van der Waals surface area (Å²) in [5.74, 6) is 1.21. The maximum atomic E-state index is 13.5. The van der Waals surface area contributed by atoms with Crippen LogP contribution in [-0.2, 0) is 4.74 Å². The molecule has 4 heterocycles. The lowest BCUT2D eigenvalue weighted by Gasteiger charge is -2.26. The SMILES string of the molecule is Cc1cc(Oc2ccccc2)ncc1N1NCC(C(=O)c2cc3cc(C(=O)N4CCOCC4)ccc3[nH]2)=C1N. The van der Waals surface area contributed by atoms with E-state index in [9.17, 15) is 9.59 Å². The number of rotatable bonds is 6. The van der Waals surface area contributed by atoms with Gasteiger partial charge in [0.2, 0.25) is 11.7 Å². The zero-order chi connectivity index (χ0) is 26.9. The Kier molecular flexibility index (Phi) is 6.47. The summed E-state index contributed by atoms with van der Waals surface area (Å²) >= 11 is 0. The second kappa shape index (κ2) is 10.2. The van der Waals surface area contributed by atoms with Crippen molar-refractivity contribution >= 4 is 28.3 Å². The summed E-state index contributed by atoms with van der Waals surface area (Å²) in [6, 6.07) is 18.4. The molecule has 39 heavy (non-hydrogen) atoms. The first-order valence-corrected chi connectivity index (χ1v) is 12.7. The number of nitrogens with two attached hydrogens (primary N) is 1. The molecule has 4 N–H and O–H groups in total. The topological polar surface area (TPSA) is 126 Å². The average molecular weight is 525 g/mol. The first-order chi connectivity index (χ1) is 19.0. The highest BCUT2D eigenvalue weighted by Gasteiger charge is 2.29. The van der Waals surface area contributed by atoms with Gasteiger partial charge in [0.05, 0.1) is 36.4 Å². The zero-order valence-corrected chi connectivity index (χ0v) is 21.4. The molecule has 2 aliphatic rings. The minimum Gasteiger partial charge on any atom is -0.439 e. The molecule has 1 amide bonds. The van der Waals surface area contributed by atoms with Gasteiger partial charge in [-0.05, 0) is 48.9 Å². The molecule has 10 heteroatoms. The van der Waals surface area contributed by atoms with E-state index < -0.39 is 0 Å². The molecule has 1 saturated heterocycles. The van der Waals surface area contributed by atoms with Crippen LogP contribution >= 0.6 is 0 Å². The number of aromatic nitrogens is 2. The molecule has 0 bridgehead atoms. The van der Waals surface area contributed by atoms with Gasteiger partial charge >= 0.3 is 0 Å². The van der Waals surface area contributed by atoms with Crippen LogP contribution in [0.3, 0.4) is 0 Å². The largest absolute Gasteiger partial charge is 0.439 e. The van der Waals surface area contributed by atoms with Crippen LogP contribution in [0.1, 0.15) is 26.4 Å². The molecule has 2 aliphatic heterocycles. The Morgan fingerprint density at radius 1 is 1.05 bits per heavy atom. The van der Waals surface area contributed by atoms with Crippen molar-refractivity contribution in [3.63, 3.8) is 0 Å². The number of pyridine rings is 1. The fourth-order valence-electron chi connectivity index (χ4n) is 4.80. The van der Waals surface area contributed by atoms with Gasteiger partial charge in [-0.3, -0.25) is 14.6 Å². The summed E-state index contributed by atoms with van der Waals surface area (Å²) in [7, 11) is 0. The first-order valence-electron chi connectivity index (χ1n) is 12.7. The summed E-state index contributed by atoms with van der Waals surface area (Å²) < 4.78 is 11.2. The molecule has 6 rings (SSSR count). The Balaban J connectivity index is 1.21. The van der Waals surface area contributed by atoms with E-state index in [0.29, 0.717) is 60.6 Å². The number of para-hydroxylation sites is 1. The van der Waals surface area contributed by atoms with Gasteiger partial charge in [-0.25, -0.2) is 10.4 Å². The minimum absolute atomic E-state index is 0.0407. The number of hydrogen-bond donors (Lipinski definition) is 3. The van der Waals surface area contributed by atoms with Gasteiger partial charge in [0.25, 0.3) is 5.91 Å². The van der Waals surface area contributed by atoms with Crippen molar-refractivity contribution in [3.8, 4) is 11.6 Å². The molecule has 1 fully saturated rings. The molecule has 0 saturated carbocycles. The smallest absolute Gasteiger partial charge is 0.254 e. The molecule has 0 atom stereocenters. The standard InChI is InChI=1S/C29H28N6O4/c1-18-13-26(39-21-5-3-2-4-6-21)31-17-25(18)35-28(30)22(16-32-35)27(36)24-15-20-14-19(7-8-23(20)33-24)29(37)34-9-11-38-12-10-34/h2-8,13-15,17,32-33H,9-12,16,30H2,1H3. The molecule has 10 nitrogen and oxygen atoms in total. The first kappa shape index (κ1) is 24.7. The van der Waals surface area contributed by atoms with E-state index in [2.05, 4.69) is 15.4 Å². The number of Topliss-reactive ketones (excluding diaryl/α,β-unsaturated/α-hetero) is 1. The second-order valence-electron chi connectivity index (χ2n) is 9.48. The third kappa shape index (κ3) is 4.83. The van der Waals surface area contributed by atoms with Crippen LogP contribution in [0.5, 0.6) is 11.6 Å². The number of amides is 1. The van der Waals surface area contributed by atoms with E-state index in [0.717, 1.165) is 22.2 Å². The van der Waals surface area contributed by atoms with Crippen LogP contribution in [-0.4, -0.2) is 59.4 Å². The molecular formula is C29H28N6O4. The second-order valence-corrected chi connectivity index (χ2v) is 9.48. The number of aryl methyl sites for hydroxylation is 1. The molecular weight excluding hydrogens is 496 g/mol. The van der Waals surface area contributed by atoms with Crippen LogP contribution in [0.2, 0.25) is 0 Å². The van der Waals surface area contributed by atoms with E-state index in [-0.39, 0.29) is 18.2 Å². The molecule has 0 unspecified atom stereocenters. The zero-order valence-electron chi connectivity index (χ0n) is 21.4. The van der Waals surface area contributed by atoms with Crippen molar-refractivity contribution in [1.82, 2.24) is 20.3 Å². The predicted molar refractivity (Wildman–Crippen MR) is 147 cm³/mol. The molecule has 198 valence electrons. The number of carbonyl (C=O) groups excluding carboxylic acids is 2. The van der Waals surface area contributed by atoms with E-state index in [1.807, 2.05) is 55.5 Å². The quantitative estimate of drug-likeness (QED) is 0.327. The Bertz CT molecular complexity index is 1590. The third-order valence-corrected chi connectivity index (χ3v) is 6.91. The van der Waals surface area contributed by atoms with Crippen LogP contribution < -0.4 is 20.9 Å². The highest BCUT2D eigenvalue weighted by atomic mass is 16.5. The summed E-state index contributed by atoms with van der Waals surface area (Å²) in [4.78, 5) is 35.7. The van der Waals surface area contributed by atoms with Crippen molar-refractivity contribution in [1.29, 1.82) is 0 Å². The number of nitrogens with one attached hydrogen (secondary N) is 2. The maximum absolute atomic E-state index is 13.5. The van der Waals surface area contributed by atoms with Gasteiger partial charge in [-0.1, -0.05) is 18.2 Å². The van der Waals surface area contributed by atoms with Crippen molar-refractivity contribution in [2.45, 2.75) is 6.92 Å². The van der Waals surface area contributed by atoms with Gasteiger partial charge in [0.1, 0.15) is 11.6 Å². The number of anilines is 1. The Morgan fingerprint density at radius 2 is 1.85 bits per heavy atom. The van der Waals surface area contributed by atoms with Crippen LogP contribution in [0.4, 0.5) is 5.69 Å². The van der Waals surface area contributed by atoms with Crippen molar-refractivity contribution in [3.05, 3.63) is 95.1 Å². The van der Waals surface area contributed by atoms with Gasteiger partial charge in [0, 0.05) is 42.2 Å². The number of benzene rings is 2. The molecule has 4 aromatic rings. The third-order valence-electron chi connectivity index (χ3n) is 6.91. The Labute approximate surface area is 225 Å². The van der Waals surface area contributed by atoms with Gasteiger partial charge in [0.15, 0.2) is 0 Å². The van der Waals surface area contributed by atoms with E-state index in [1.165, 1.54) is 0 Å². The number of hydrazine groups is 1. The normalized spacial score (nSPS) is 15.7. The molecule has 2 aromatic heterocycles. The molecule has 2 aromatic carbocycles. The van der Waals surface area contributed by atoms with Gasteiger partial charge in [-0.15, -0.1) is 0 Å². The minimum atomic E-state index is -0.214. The number of morpholine rings is 1. The van der Waals surface area contributed by atoms with Gasteiger partial charge in [-0.2, -0.15) is 0 Å². The summed E-state index contributed by atoms with van der Waals surface area (Å²) in [5, 5.41) is 2.46. The maximum Gasteiger partial charge on any atom is 0.254 e. The number of fused-ring (bicyclic) bond motifs is 1. The molecule has 0 radical (unpaired) electrons. The van der Waals surface area contributed by atoms with Gasteiger partial charge < -0.3 is 25.1 Å². The summed E-state index contributed by atoms with van der Waals surface area (Å²) in [6.07, 6.45) is 1.66. The number of H-pyrrole nitrogens is 1. The van der Waals surface area contributed by atoms with E-state index >= 15 is 0 Å². The number of hydrogen-bond acceptors (Lipinski definition) is 8. The van der Waals surface area contributed by atoms with Crippen molar-refractivity contribution in [2.24, 2.45) is 5.73 Å². The predicted octanol–water partition coefficient (Wildman–Crippen LogP) is 3.51. The number of ketones is 1. The lowest BCUT2D eigenvalue weighted by Crippen LogP contribution is -2.40. The number of ether oxygens (including phenoxy) is 2. The highest BCUT2D eigenvalue weighted by molar-refractivity contribution is 6.11. The summed E-state index contributed by atoms with van der Waals surface area (Å²) in [5.41, 5.74) is 13.4. The van der Waals surface area contributed by atoms with Crippen molar-refractivity contribution < 1.29 is 19.1 Å². The lowest BCUT2D eigenvalue weighted by molar-refractivity contribution is 0.0303.